The smallest absolute Gasteiger partial charge is 0.463 e. The molecule has 0 amide bonds. The molecule has 18 heteroatoms. The van der Waals surface area contributed by atoms with Crippen LogP contribution in [0.3, 0.4) is 0 Å². The molecule has 0 aromatic rings. The number of aliphatic hydroxyl groups is 2. The fourth-order valence-electron chi connectivity index (χ4n) is 12.0. The molecule has 0 saturated heterocycles. The third kappa shape index (κ3) is 89.5. The van der Waals surface area contributed by atoms with Crippen molar-refractivity contribution in [2.24, 2.45) is 0 Å². The second-order valence-electron chi connectivity index (χ2n) is 30.0. The van der Waals surface area contributed by atoms with Gasteiger partial charge in [0.25, 0.3) is 0 Å². The quantitative estimate of drug-likeness (QED) is 0.0146. The summed E-state index contributed by atoms with van der Waals surface area (Å²) in [6.45, 7) is 2.45. The van der Waals surface area contributed by atoms with Gasteiger partial charge in [0.05, 0.1) is 26.4 Å². The van der Waals surface area contributed by atoms with Crippen molar-refractivity contribution in [1.29, 1.82) is 0 Å². The van der Waals surface area contributed by atoms with Crippen molar-refractivity contribution in [2.75, 3.05) is 39.6 Å². The second-order valence-corrected chi connectivity index (χ2v) is 32.9. The van der Waals surface area contributed by atoms with Crippen molar-refractivity contribution in [3.8, 4) is 0 Å². The normalized spacial score (nSPS) is 14.6. The Labute approximate surface area is 701 Å². The average molecular weight is 1650 g/mol. The molecule has 0 aliphatic carbocycles. The molecule has 0 rings (SSSR count). The van der Waals surface area contributed by atoms with Crippen LogP contribution in [0.25, 0.3) is 0 Å². The maximum absolute atomic E-state index is 13.0. The van der Waals surface area contributed by atoms with E-state index in [1.165, 1.54) is 180 Å². The van der Waals surface area contributed by atoms with Crippen LogP contribution in [0.15, 0.2) is 170 Å². The van der Waals surface area contributed by atoms with E-state index in [4.69, 9.17) is 32.3 Å². The first-order valence-electron chi connectivity index (χ1n) is 45.4. The van der Waals surface area contributed by atoms with Crippen LogP contribution in [0, 0.1) is 0 Å². The highest BCUT2D eigenvalue weighted by molar-refractivity contribution is 7.47. The van der Waals surface area contributed by atoms with Gasteiger partial charge in [0.1, 0.15) is 25.4 Å². The summed E-state index contributed by atoms with van der Waals surface area (Å²) in [4.78, 5) is 58.9. The number of ether oxygens (including phenoxy) is 3. The van der Waals surface area contributed by atoms with E-state index in [-0.39, 0.29) is 19.3 Å². The summed E-state index contributed by atoms with van der Waals surface area (Å²) in [5, 5.41) is 20.7. The number of unbranched alkanes of at least 4 members (excludes halogenated alkanes) is 34. The Morgan fingerprint density at radius 1 is 0.252 bits per heavy atom. The van der Waals surface area contributed by atoms with Crippen LogP contribution in [0.4, 0.5) is 0 Å². The van der Waals surface area contributed by atoms with Crippen molar-refractivity contribution in [2.45, 2.75) is 386 Å². The minimum absolute atomic E-state index is 0.0258. The number of carbonyl (C=O) groups is 3. The average Bonchev–Trinajstić information content (AvgIpc) is 0.893. The number of hydrogen-bond donors (Lipinski definition) is 4. The van der Waals surface area contributed by atoms with Gasteiger partial charge in [-0.3, -0.25) is 32.5 Å². The number of hydrogen-bond acceptors (Lipinski definition) is 14. The van der Waals surface area contributed by atoms with E-state index < -0.39 is 91.5 Å². The zero-order chi connectivity index (χ0) is 83.6. The molecule has 5 unspecified atom stereocenters. The second kappa shape index (κ2) is 88.2. The van der Waals surface area contributed by atoms with Crippen molar-refractivity contribution < 1.29 is 75.8 Å². The molecule has 0 aromatic carbocycles. The molecule has 0 saturated carbocycles. The van der Waals surface area contributed by atoms with Crippen molar-refractivity contribution in [1.82, 2.24) is 0 Å². The number of carbonyl (C=O) groups excluding carboxylic acids is 3. The molecule has 0 aliphatic rings. The van der Waals surface area contributed by atoms with Crippen LogP contribution in [0.2, 0.25) is 0 Å². The molecule has 4 N–H and O–H groups in total. The fourth-order valence-corrected chi connectivity index (χ4v) is 13.6. The minimum Gasteiger partial charge on any atom is -0.463 e. The van der Waals surface area contributed by atoms with Gasteiger partial charge in [-0.1, -0.05) is 371 Å². The first kappa shape index (κ1) is 110. The summed E-state index contributed by atoms with van der Waals surface area (Å²) in [6, 6.07) is 0. The van der Waals surface area contributed by atoms with E-state index in [0.29, 0.717) is 25.7 Å². The highest BCUT2D eigenvalue weighted by Crippen LogP contribution is 2.45. The predicted octanol–water partition coefficient (Wildman–Crippen LogP) is 27.9. The highest BCUT2D eigenvalue weighted by atomic mass is 31.2. The van der Waals surface area contributed by atoms with Gasteiger partial charge < -0.3 is 34.2 Å². The van der Waals surface area contributed by atoms with Crippen LogP contribution >= 0.6 is 15.6 Å². The van der Waals surface area contributed by atoms with Gasteiger partial charge >= 0.3 is 33.6 Å². The SMILES string of the molecule is CC/C=C\C/C=C\C/C=C\C/C=C\C/C=C\C/C=C\CCC(=O)OC(COC(=O)CCCCCCCCCCCCC/C=C\C/C=C\C/C=C\C/C=C\CCCCC)COP(=O)(O)OCC(O)COP(=O)(O)OCC(O)COC(=O)CCCCCCCCCCCCCCCCCCC/C=C\C/C=C\C/C=C\C/C=C\CCCCC. The molecule has 0 heterocycles. The number of phosphoric acid groups is 2. The minimum atomic E-state index is -4.96. The maximum atomic E-state index is 13.0. The summed E-state index contributed by atoms with van der Waals surface area (Å²) in [5.74, 6) is -1.67. The number of aliphatic hydroxyl groups excluding tert-OH is 2. The zero-order valence-corrected chi connectivity index (χ0v) is 74.2. The van der Waals surface area contributed by atoms with Gasteiger partial charge in [-0.25, -0.2) is 9.13 Å². The molecule has 0 fully saturated rings. The van der Waals surface area contributed by atoms with Gasteiger partial charge in [-0.15, -0.1) is 0 Å². The topological polar surface area (TPSA) is 231 Å². The van der Waals surface area contributed by atoms with Crippen LogP contribution in [-0.2, 0) is 55.8 Å². The molecule has 0 spiro atoms. The predicted molar refractivity (Wildman–Crippen MR) is 482 cm³/mol. The van der Waals surface area contributed by atoms with Crippen molar-refractivity contribution in [3.05, 3.63) is 170 Å². The van der Waals surface area contributed by atoms with Crippen molar-refractivity contribution in [3.63, 3.8) is 0 Å². The molecule has 5 atom stereocenters. The van der Waals surface area contributed by atoms with E-state index in [1.807, 2.05) is 18.2 Å². The van der Waals surface area contributed by atoms with Gasteiger partial charge in [0, 0.05) is 19.3 Å². The summed E-state index contributed by atoms with van der Waals surface area (Å²) < 4.78 is 61.3. The van der Waals surface area contributed by atoms with E-state index in [0.717, 1.165) is 122 Å². The Morgan fingerprint density at radius 2 is 0.478 bits per heavy atom. The number of allylic oxidation sites excluding steroid dienone is 28. The Kier molecular flexibility index (Phi) is 84.3. The number of rotatable bonds is 85. The largest absolute Gasteiger partial charge is 0.472 e. The van der Waals surface area contributed by atoms with E-state index in [9.17, 15) is 43.5 Å². The Morgan fingerprint density at radius 3 is 0.765 bits per heavy atom. The lowest BCUT2D eigenvalue weighted by molar-refractivity contribution is -0.161. The zero-order valence-electron chi connectivity index (χ0n) is 72.4. The molecule has 658 valence electrons. The fraction of sp³-hybridized carbons (Fsp3) is 0.680. The third-order valence-corrected chi connectivity index (χ3v) is 20.8. The van der Waals surface area contributed by atoms with Crippen molar-refractivity contribution >= 4 is 33.6 Å². The molecular weight excluding hydrogens is 1480 g/mol. The molecule has 0 aliphatic heterocycles. The lowest BCUT2D eigenvalue weighted by atomic mass is 10.0. The van der Waals surface area contributed by atoms with E-state index >= 15 is 0 Å². The van der Waals surface area contributed by atoms with Crippen LogP contribution in [0.5, 0.6) is 0 Å². The summed E-state index contributed by atoms with van der Waals surface area (Å²) in [5.41, 5.74) is 0. The highest BCUT2D eigenvalue weighted by Gasteiger charge is 2.29. The first-order chi connectivity index (χ1) is 56.2. The lowest BCUT2D eigenvalue weighted by Crippen LogP contribution is -2.29. The first-order valence-corrected chi connectivity index (χ1v) is 48.4. The Balaban J connectivity index is 4.58. The Bertz CT molecular complexity index is 2770. The molecular formula is C97H164O16P2. The van der Waals surface area contributed by atoms with Crippen LogP contribution < -0.4 is 0 Å². The van der Waals surface area contributed by atoms with Crippen LogP contribution in [-0.4, -0.2) is 95.9 Å². The van der Waals surface area contributed by atoms with Gasteiger partial charge in [0.2, 0.25) is 0 Å². The lowest BCUT2D eigenvalue weighted by Gasteiger charge is -2.21. The molecule has 16 nitrogen and oxygen atoms in total. The standard InChI is InChI=1S/C97H164O16P2/c1-4-7-10-13-16-19-22-25-28-31-34-36-38-40-42-43-44-45-46-47-49-51-52-54-57-59-62-65-68-71-74-77-80-83-95(100)107-86-92(98)87-109-114(103,104)110-88-93(99)89-111-115(105,106)112-91-94(113-97(102)85-82-79-76-73-70-67-64-61-56-33-30-27-24-21-18-15-12-9-6-3)90-108-96(101)84-81-78-75-72-69-66-63-60-58-55-53-50-48-41-39-37-35-32-29-26-23-20-17-14-11-8-5-2/h9,12,16-21,25-30,34-37,40-42,48,56,61,67,70,76,79,92-94,98-99H,4-8,10-11,13-15,22-24,31-33,38-39,43-47,49-55,57-60,62-66,68-69,71-75,77-78,80-91H2,1-3H3,(H,103,104)(H,105,106)/b12-9-,19-16-,20-17-,21-18-,28-25-,29-26-,30-27-,36-34-,37-35-,42-40-,48-41-,61-56-,70-67-,79-76-. The summed E-state index contributed by atoms with van der Waals surface area (Å²) in [6.07, 6.45) is 114. The summed E-state index contributed by atoms with van der Waals surface area (Å²) >= 11 is 0. The Hall–Kier alpha value is -5.09. The molecule has 0 bridgehead atoms. The number of phosphoric ester groups is 2. The summed E-state index contributed by atoms with van der Waals surface area (Å²) in [7, 11) is -9.84. The van der Waals surface area contributed by atoms with Gasteiger partial charge in [-0.2, -0.15) is 0 Å². The van der Waals surface area contributed by atoms with Crippen LogP contribution in [0.1, 0.15) is 367 Å². The third-order valence-electron chi connectivity index (χ3n) is 18.9. The van der Waals surface area contributed by atoms with E-state index in [1.54, 1.807) is 0 Å². The molecule has 0 aromatic heterocycles. The monoisotopic (exact) mass is 1650 g/mol. The molecule has 0 radical (unpaired) electrons. The van der Waals surface area contributed by atoms with E-state index in [2.05, 4.69) is 173 Å². The maximum Gasteiger partial charge on any atom is 0.472 e. The number of esters is 3. The molecule has 115 heavy (non-hydrogen) atoms. The van der Waals surface area contributed by atoms with Gasteiger partial charge in [-0.05, 0) is 148 Å². The van der Waals surface area contributed by atoms with Gasteiger partial charge in [0.15, 0.2) is 6.10 Å².